The second kappa shape index (κ2) is 7.85. The average molecular weight is 256 g/mol. The molecular formula is C14H28O2Si. The predicted molar refractivity (Wildman–Crippen MR) is 77.7 cm³/mol. The van der Waals surface area contributed by atoms with Crippen LogP contribution in [0.2, 0.25) is 18.1 Å². The molecule has 0 saturated heterocycles. The van der Waals surface area contributed by atoms with Gasteiger partial charge in [0.25, 0.3) is 0 Å². The first-order valence-corrected chi connectivity index (χ1v) is 9.27. The maximum Gasteiger partial charge on any atom is 0.192 e. The molecule has 0 aromatic heterocycles. The van der Waals surface area contributed by atoms with Gasteiger partial charge >= 0.3 is 0 Å². The molecule has 3 heteroatoms. The summed E-state index contributed by atoms with van der Waals surface area (Å²) >= 11 is 0. The Hall–Kier alpha value is -0.383. The lowest BCUT2D eigenvalue weighted by molar-refractivity contribution is 0.327. The Morgan fingerprint density at radius 3 is 2.00 bits per heavy atom. The first-order chi connectivity index (χ1) is 7.81. The van der Waals surface area contributed by atoms with Crippen molar-refractivity contribution in [3.8, 4) is 0 Å². The molecule has 0 amide bonds. The summed E-state index contributed by atoms with van der Waals surface area (Å²) in [6.45, 7) is 12.2. The summed E-state index contributed by atoms with van der Waals surface area (Å²) in [5.41, 5.74) is 0. The van der Waals surface area contributed by atoms with Gasteiger partial charge in [0.05, 0.1) is 13.2 Å². The van der Waals surface area contributed by atoms with Crippen molar-refractivity contribution in [1.82, 2.24) is 0 Å². The smallest absolute Gasteiger partial charge is 0.192 e. The quantitative estimate of drug-likeness (QED) is 0.425. The Morgan fingerprint density at radius 2 is 1.53 bits per heavy atom. The highest BCUT2D eigenvalue weighted by molar-refractivity contribution is 6.74. The van der Waals surface area contributed by atoms with Crippen molar-refractivity contribution in [2.75, 3.05) is 13.2 Å². The summed E-state index contributed by atoms with van der Waals surface area (Å²) < 4.78 is 6.02. The van der Waals surface area contributed by atoms with Gasteiger partial charge in [0, 0.05) is 0 Å². The van der Waals surface area contributed by atoms with Crippen LogP contribution in [0.15, 0.2) is 24.3 Å². The number of allylic oxidation sites excluding steroid dienone is 2. The van der Waals surface area contributed by atoms with Crippen molar-refractivity contribution in [2.24, 2.45) is 0 Å². The fourth-order valence-corrected chi connectivity index (χ4v) is 1.99. The number of hydrogen-bond donors (Lipinski definition) is 1. The Balaban J connectivity index is 3.77. The van der Waals surface area contributed by atoms with Crippen molar-refractivity contribution < 1.29 is 9.53 Å². The molecule has 0 unspecified atom stereocenters. The highest BCUT2D eigenvalue weighted by Crippen LogP contribution is 2.36. The molecule has 17 heavy (non-hydrogen) atoms. The lowest BCUT2D eigenvalue weighted by Gasteiger charge is -2.35. The SMILES string of the molecule is CC(C)(C)[Si](C)(C)OC/C=C/CC/C=C/CO. The number of unbranched alkanes of at least 4 members (excludes halogenated alkanes) is 1. The van der Waals surface area contributed by atoms with Crippen LogP contribution >= 0.6 is 0 Å². The minimum atomic E-state index is -1.58. The summed E-state index contributed by atoms with van der Waals surface area (Å²) in [4.78, 5) is 0. The maximum atomic E-state index is 8.55. The van der Waals surface area contributed by atoms with Crippen LogP contribution in [0, 0.1) is 0 Å². The standard InChI is InChI=1S/C14H28O2Si/c1-14(2,3)17(4,5)16-13-11-9-7-6-8-10-12-15/h8-11,15H,6-7,12-13H2,1-5H3/b10-8+,11-9+. The lowest BCUT2D eigenvalue weighted by Crippen LogP contribution is -2.40. The van der Waals surface area contributed by atoms with E-state index in [0.29, 0.717) is 0 Å². The second-order valence-electron chi connectivity index (χ2n) is 5.77. The van der Waals surface area contributed by atoms with Crippen molar-refractivity contribution >= 4 is 8.32 Å². The molecule has 0 heterocycles. The second-order valence-corrected chi connectivity index (χ2v) is 10.6. The van der Waals surface area contributed by atoms with Crippen molar-refractivity contribution in [3.63, 3.8) is 0 Å². The summed E-state index contributed by atoms with van der Waals surface area (Å²) in [6.07, 6.45) is 10.0. The molecule has 0 radical (unpaired) electrons. The zero-order valence-corrected chi connectivity index (χ0v) is 13.0. The molecular weight excluding hydrogens is 228 g/mol. The fraction of sp³-hybridized carbons (Fsp3) is 0.714. The van der Waals surface area contributed by atoms with Crippen LogP contribution in [0.4, 0.5) is 0 Å². The fourth-order valence-electron chi connectivity index (χ4n) is 1.04. The molecule has 1 N–H and O–H groups in total. The summed E-state index contributed by atoms with van der Waals surface area (Å²) in [5, 5.41) is 8.83. The molecule has 100 valence electrons. The Morgan fingerprint density at radius 1 is 1.00 bits per heavy atom. The molecule has 0 aliphatic heterocycles. The highest BCUT2D eigenvalue weighted by atomic mass is 28.4. The van der Waals surface area contributed by atoms with E-state index >= 15 is 0 Å². The molecule has 2 nitrogen and oxygen atoms in total. The third kappa shape index (κ3) is 7.52. The third-order valence-electron chi connectivity index (χ3n) is 3.29. The minimum absolute atomic E-state index is 0.137. The Labute approximate surface area is 108 Å². The van der Waals surface area contributed by atoms with E-state index in [4.69, 9.17) is 9.53 Å². The summed E-state index contributed by atoms with van der Waals surface area (Å²) in [7, 11) is -1.58. The molecule has 0 aromatic carbocycles. The van der Waals surface area contributed by atoms with E-state index in [-0.39, 0.29) is 11.6 Å². The van der Waals surface area contributed by atoms with E-state index in [0.717, 1.165) is 19.4 Å². The van der Waals surface area contributed by atoms with Crippen molar-refractivity contribution in [3.05, 3.63) is 24.3 Å². The Bertz CT molecular complexity index is 249. The van der Waals surface area contributed by atoms with Crippen LogP contribution in [-0.2, 0) is 4.43 Å². The first-order valence-electron chi connectivity index (χ1n) is 6.36. The predicted octanol–water partition coefficient (Wildman–Crippen LogP) is 3.89. The van der Waals surface area contributed by atoms with E-state index in [1.54, 1.807) is 6.08 Å². The molecule has 0 bridgehead atoms. The number of aliphatic hydroxyl groups is 1. The van der Waals surface area contributed by atoms with Gasteiger partial charge in [-0.25, -0.2) is 0 Å². The van der Waals surface area contributed by atoms with Gasteiger partial charge in [-0.05, 0) is 31.0 Å². The number of hydrogen-bond acceptors (Lipinski definition) is 2. The van der Waals surface area contributed by atoms with Crippen molar-refractivity contribution in [1.29, 1.82) is 0 Å². The van der Waals surface area contributed by atoms with Crippen LogP contribution in [0.3, 0.4) is 0 Å². The van der Waals surface area contributed by atoms with E-state index < -0.39 is 8.32 Å². The van der Waals surface area contributed by atoms with Gasteiger partial charge in [0.15, 0.2) is 8.32 Å². The summed E-state index contributed by atoms with van der Waals surface area (Å²) in [6, 6.07) is 0. The van der Waals surface area contributed by atoms with E-state index in [1.807, 2.05) is 6.08 Å². The number of rotatable bonds is 7. The zero-order chi connectivity index (χ0) is 13.4. The molecule has 0 aromatic rings. The molecule has 0 fully saturated rings. The van der Waals surface area contributed by atoms with Crippen LogP contribution in [0.5, 0.6) is 0 Å². The average Bonchev–Trinajstić information content (AvgIpc) is 2.20. The van der Waals surface area contributed by atoms with E-state index in [2.05, 4.69) is 46.0 Å². The van der Waals surface area contributed by atoms with Crippen molar-refractivity contribution in [2.45, 2.75) is 51.7 Å². The molecule has 0 saturated carbocycles. The molecule has 0 atom stereocenters. The highest BCUT2D eigenvalue weighted by Gasteiger charge is 2.36. The maximum absolute atomic E-state index is 8.55. The lowest BCUT2D eigenvalue weighted by atomic mass is 10.2. The number of aliphatic hydroxyl groups excluding tert-OH is 1. The summed E-state index contributed by atoms with van der Waals surface area (Å²) in [5.74, 6) is 0. The molecule has 0 aliphatic rings. The monoisotopic (exact) mass is 256 g/mol. The van der Waals surface area contributed by atoms with Gasteiger partial charge in [0.2, 0.25) is 0 Å². The van der Waals surface area contributed by atoms with Crippen LogP contribution in [0.25, 0.3) is 0 Å². The third-order valence-corrected chi connectivity index (χ3v) is 7.79. The van der Waals surface area contributed by atoms with E-state index in [1.165, 1.54) is 0 Å². The van der Waals surface area contributed by atoms with Crippen LogP contribution in [0.1, 0.15) is 33.6 Å². The van der Waals surface area contributed by atoms with Gasteiger partial charge in [-0.3, -0.25) is 0 Å². The minimum Gasteiger partial charge on any atom is -0.413 e. The van der Waals surface area contributed by atoms with Crippen LogP contribution in [-0.4, -0.2) is 26.6 Å². The van der Waals surface area contributed by atoms with Gasteiger partial charge in [0.1, 0.15) is 0 Å². The van der Waals surface area contributed by atoms with E-state index in [9.17, 15) is 0 Å². The topological polar surface area (TPSA) is 29.5 Å². The zero-order valence-electron chi connectivity index (χ0n) is 12.0. The van der Waals surface area contributed by atoms with Gasteiger partial charge in [-0.15, -0.1) is 0 Å². The normalized spacial score (nSPS) is 14.0. The first kappa shape index (κ1) is 16.6. The van der Waals surface area contributed by atoms with Gasteiger partial charge < -0.3 is 9.53 Å². The molecule has 0 aliphatic carbocycles. The van der Waals surface area contributed by atoms with Gasteiger partial charge in [-0.1, -0.05) is 45.1 Å². The molecule has 0 rings (SSSR count). The van der Waals surface area contributed by atoms with Crippen LogP contribution < -0.4 is 0 Å². The van der Waals surface area contributed by atoms with Gasteiger partial charge in [-0.2, -0.15) is 0 Å². The largest absolute Gasteiger partial charge is 0.413 e. The molecule has 0 spiro atoms. The Kier molecular flexibility index (Phi) is 7.67.